The molecule has 4 rings (SSSR count). The van der Waals surface area contributed by atoms with E-state index in [1.165, 1.54) is 23.5 Å². The minimum Gasteiger partial charge on any atom is -0.495 e. The zero-order valence-corrected chi connectivity index (χ0v) is 19.1. The summed E-state index contributed by atoms with van der Waals surface area (Å²) in [4.78, 5) is 13.2. The topological polar surface area (TPSA) is 84.9 Å². The van der Waals surface area contributed by atoms with E-state index in [1.54, 1.807) is 6.07 Å². The number of rotatable bonds is 7. The Kier molecular flexibility index (Phi) is 7.08. The van der Waals surface area contributed by atoms with Crippen LogP contribution in [0.2, 0.25) is 0 Å². The summed E-state index contributed by atoms with van der Waals surface area (Å²) in [7, 11) is -2.43. The van der Waals surface area contributed by atoms with E-state index < -0.39 is 10.0 Å². The Morgan fingerprint density at radius 1 is 0.939 bits per heavy atom. The van der Waals surface area contributed by atoms with Gasteiger partial charge in [-0.25, -0.2) is 8.42 Å². The first-order chi connectivity index (χ1) is 16.0. The monoisotopic (exact) mass is 466 g/mol. The summed E-state index contributed by atoms with van der Waals surface area (Å²) in [6.07, 6.45) is 0. The second-order valence-electron chi connectivity index (χ2n) is 7.61. The Labute approximate surface area is 194 Å². The molecule has 172 valence electrons. The maximum absolute atomic E-state index is 13.3. The normalized spacial score (nSPS) is 14.7. The van der Waals surface area contributed by atoms with Crippen molar-refractivity contribution in [1.29, 1.82) is 0 Å². The van der Waals surface area contributed by atoms with Crippen LogP contribution in [0.3, 0.4) is 0 Å². The predicted octanol–water partition coefficient (Wildman–Crippen LogP) is 3.24. The van der Waals surface area contributed by atoms with Crippen molar-refractivity contribution < 1.29 is 22.7 Å². The largest absolute Gasteiger partial charge is 0.495 e. The van der Waals surface area contributed by atoms with Gasteiger partial charge in [0.15, 0.2) is 0 Å². The van der Waals surface area contributed by atoms with E-state index in [0.29, 0.717) is 13.2 Å². The van der Waals surface area contributed by atoms with E-state index in [4.69, 9.17) is 9.47 Å². The smallest absolute Gasteiger partial charge is 0.252 e. The molecule has 0 saturated carbocycles. The molecule has 0 bridgehead atoms. The fourth-order valence-electron chi connectivity index (χ4n) is 3.81. The highest BCUT2D eigenvalue weighted by Gasteiger charge is 2.30. The zero-order valence-electron chi connectivity index (χ0n) is 18.3. The molecule has 0 atom stereocenters. The van der Waals surface area contributed by atoms with Crippen LogP contribution in [-0.2, 0) is 14.8 Å². The molecule has 1 saturated heterocycles. The number of carbonyl (C=O) groups is 1. The summed E-state index contributed by atoms with van der Waals surface area (Å²) in [6, 6.07) is 23.3. The second-order valence-corrected chi connectivity index (χ2v) is 9.52. The molecule has 3 aromatic carbocycles. The lowest BCUT2D eigenvalue weighted by atomic mass is 9.98. The maximum atomic E-state index is 13.3. The second kappa shape index (κ2) is 10.2. The van der Waals surface area contributed by atoms with Gasteiger partial charge in [0.1, 0.15) is 10.6 Å². The summed E-state index contributed by atoms with van der Waals surface area (Å²) in [5.41, 5.74) is 2.08. The number of carbonyl (C=O) groups excluding carboxylic acids is 1. The van der Waals surface area contributed by atoms with Crippen LogP contribution in [0, 0.1) is 0 Å². The molecule has 1 heterocycles. The van der Waals surface area contributed by atoms with Crippen molar-refractivity contribution in [3.05, 3.63) is 95.6 Å². The number of sulfonamides is 1. The van der Waals surface area contributed by atoms with Gasteiger partial charge < -0.3 is 14.8 Å². The molecule has 7 nitrogen and oxygen atoms in total. The number of ether oxygens (including phenoxy) is 2. The van der Waals surface area contributed by atoms with Crippen molar-refractivity contribution in [2.45, 2.75) is 10.9 Å². The Bertz CT molecular complexity index is 1150. The molecule has 1 N–H and O–H groups in total. The van der Waals surface area contributed by atoms with E-state index in [0.717, 1.165) is 11.1 Å². The van der Waals surface area contributed by atoms with Gasteiger partial charge in [-0.3, -0.25) is 4.79 Å². The van der Waals surface area contributed by atoms with Crippen molar-refractivity contribution in [3.63, 3.8) is 0 Å². The average molecular weight is 467 g/mol. The molecule has 0 aromatic heterocycles. The first-order valence-electron chi connectivity index (χ1n) is 10.7. The standard InChI is InChI=1S/C25H26N2O5S/c1-31-22-13-12-21(18-23(22)33(29,30)27-14-16-32-17-15-27)25(28)26-24(19-8-4-2-5-9-19)20-10-6-3-7-11-20/h2-13,18,24H,14-17H2,1H3,(H,26,28). The average Bonchev–Trinajstić information content (AvgIpc) is 2.88. The first kappa shape index (κ1) is 23.0. The third-order valence-corrected chi connectivity index (χ3v) is 7.47. The quantitative estimate of drug-likeness (QED) is 0.578. The molecule has 1 fully saturated rings. The van der Waals surface area contributed by atoms with Gasteiger partial charge in [0.2, 0.25) is 10.0 Å². The highest BCUT2D eigenvalue weighted by Crippen LogP contribution is 2.29. The molecule has 3 aromatic rings. The van der Waals surface area contributed by atoms with Gasteiger partial charge in [0.05, 0.1) is 26.4 Å². The molecule has 33 heavy (non-hydrogen) atoms. The third-order valence-electron chi connectivity index (χ3n) is 5.55. The van der Waals surface area contributed by atoms with Crippen LogP contribution in [0.25, 0.3) is 0 Å². The predicted molar refractivity (Wildman–Crippen MR) is 125 cm³/mol. The van der Waals surface area contributed by atoms with Gasteiger partial charge in [-0.15, -0.1) is 0 Å². The van der Waals surface area contributed by atoms with E-state index >= 15 is 0 Å². The number of hydrogen-bond acceptors (Lipinski definition) is 5. The summed E-state index contributed by atoms with van der Waals surface area (Å²) in [5.74, 6) is -0.186. The number of nitrogens with zero attached hydrogens (tertiary/aromatic N) is 1. The van der Waals surface area contributed by atoms with Crippen molar-refractivity contribution >= 4 is 15.9 Å². The molecular weight excluding hydrogens is 440 g/mol. The Hall–Kier alpha value is -3.20. The number of amides is 1. The molecule has 0 spiro atoms. The lowest BCUT2D eigenvalue weighted by Gasteiger charge is -2.27. The van der Waals surface area contributed by atoms with Gasteiger partial charge in [0.25, 0.3) is 5.91 Å². The van der Waals surface area contributed by atoms with E-state index in [-0.39, 0.29) is 41.2 Å². The van der Waals surface area contributed by atoms with Crippen LogP contribution >= 0.6 is 0 Å². The fourth-order valence-corrected chi connectivity index (χ4v) is 5.40. The minimum absolute atomic E-state index is 0.0319. The highest BCUT2D eigenvalue weighted by atomic mass is 32.2. The van der Waals surface area contributed by atoms with Gasteiger partial charge in [-0.05, 0) is 29.3 Å². The van der Waals surface area contributed by atoms with Gasteiger partial charge in [-0.1, -0.05) is 60.7 Å². The maximum Gasteiger partial charge on any atom is 0.252 e. The number of morpholine rings is 1. The Balaban J connectivity index is 1.67. The fraction of sp³-hybridized carbons (Fsp3) is 0.240. The summed E-state index contributed by atoms with van der Waals surface area (Å²) in [5, 5.41) is 3.05. The van der Waals surface area contributed by atoms with Crippen molar-refractivity contribution in [2.24, 2.45) is 0 Å². The molecule has 0 aliphatic carbocycles. The SMILES string of the molecule is COc1ccc(C(=O)NC(c2ccccc2)c2ccccc2)cc1S(=O)(=O)N1CCOCC1. The van der Waals surface area contributed by atoms with Gasteiger partial charge >= 0.3 is 0 Å². The van der Waals surface area contributed by atoms with E-state index in [9.17, 15) is 13.2 Å². The number of hydrogen-bond donors (Lipinski definition) is 1. The van der Waals surface area contributed by atoms with Crippen molar-refractivity contribution in [2.75, 3.05) is 33.4 Å². The molecule has 0 radical (unpaired) electrons. The zero-order chi connectivity index (χ0) is 23.3. The highest BCUT2D eigenvalue weighted by molar-refractivity contribution is 7.89. The molecule has 0 unspecified atom stereocenters. The molecular formula is C25H26N2O5S. The Morgan fingerprint density at radius 3 is 2.06 bits per heavy atom. The van der Waals surface area contributed by atoms with E-state index in [2.05, 4.69) is 5.32 Å². The number of methoxy groups -OCH3 is 1. The number of benzene rings is 3. The van der Waals surface area contributed by atoms with Crippen LogP contribution in [0.5, 0.6) is 5.75 Å². The summed E-state index contributed by atoms with van der Waals surface area (Å²) in [6.45, 7) is 1.17. The molecule has 1 aliphatic rings. The molecule has 1 amide bonds. The molecule has 8 heteroatoms. The van der Waals surface area contributed by atoms with Crippen molar-refractivity contribution in [1.82, 2.24) is 9.62 Å². The first-order valence-corrected chi connectivity index (χ1v) is 12.1. The van der Waals surface area contributed by atoms with Crippen LogP contribution in [0.4, 0.5) is 0 Å². The third kappa shape index (κ3) is 5.08. The van der Waals surface area contributed by atoms with Crippen LogP contribution in [0.1, 0.15) is 27.5 Å². The molecule has 1 aliphatic heterocycles. The van der Waals surface area contributed by atoms with Crippen LogP contribution in [0.15, 0.2) is 83.8 Å². The van der Waals surface area contributed by atoms with Gasteiger partial charge in [-0.2, -0.15) is 4.31 Å². The number of nitrogens with one attached hydrogen (secondary N) is 1. The summed E-state index contributed by atoms with van der Waals surface area (Å²) < 4.78 is 38.5. The van der Waals surface area contributed by atoms with E-state index in [1.807, 2.05) is 60.7 Å². The van der Waals surface area contributed by atoms with Crippen LogP contribution in [-0.4, -0.2) is 52.0 Å². The minimum atomic E-state index is -3.85. The van der Waals surface area contributed by atoms with Crippen molar-refractivity contribution in [3.8, 4) is 5.75 Å². The van der Waals surface area contributed by atoms with Gasteiger partial charge in [0, 0.05) is 18.7 Å². The lowest BCUT2D eigenvalue weighted by Crippen LogP contribution is -2.40. The van der Waals surface area contributed by atoms with Crippen LogP contribution < -0.4 is 10.1 Å². The summed E-state index contributed by atoms with van der Waals surface area (Å²) >= 11 is 0. The lowest BCUT2D eigenvalue weighted by molar-refractivity contribution is 0.0729. The Morgan fingerprint density at radius 2 is 1.52 bits per heavy atom.